The summed E-state index contributed by atoms with van der Waals surface area (Å²) in [7, 11) is 0. The summed E-state index contributed by atoms with van der Waals surface area (Å²) in [6.45, 7) is 8.99. The van der Waals surface area contributed by atoms with E-state index in [2.05, 4.69) is 27.7 Å². The maximum atomic E-state index is 12.7. The average Bonchev–Trinajstić information content (AvgIpc) is 3.15. The average molecular weight is 751 g/mol. The lowest BCUT2D eigenvalue weighted by atomic mass is 9.99. The Hall–Kier alpha value is -1.59. The summed E-state index contributed by atoms with van der Waals surface area (Å²) in [6.07, 6.45) is 40.8. The number of carbonyl (C=O) groups excluding carboxylic acids is 3. The molecule has 0 aliphatic heterocycles. The van der Waals surface area contributed by atoms with E-state index in [1.54, 1.807) is 0 Å². The van der Waals surface area contributed by atoms with Gasteiger partial charge in [0.1, 0.15) is 13.2 Å². The largest absolute Gasteiger partial charge is 0.462 e. The van der Waals surface area contributed by atoms with Gasteiger partial charge in [-0.15, -0.1) is 0 Å². The van der Waals surface area contributed by atoms with Crippen LogP contribution in [0.4, 0.5) is 0 Å². The molecule has 2 atom stereocenters. The number of carbonyl (C=O) groups is 3. The maximum Gasteiger partial charge on any atom is 0.306 e. The molecule has 0 fully saturated rings. The van der Waals surface area contributed by atoms with Gasteiger partial charge in [-0.25, -0.2) is 0 Å². The van der Waals surface area contributed by atoms with E-state index in [0.29, 0.717) is 19.3 Å². The lowest BCUT2D eigenvalue weighted by molar-refractivity contribution is -0.167. The second-order valence-corrected chi connectivity index (χ2v) is 16.3. The molecule has 0 amide bonds. The molecule has 0 aromatic heterocycles. The van der Waals surface area contributed by atoms with Gasteiger partial charge in [0.2, 0.25) is 0 Å². The molecule has 0 saturated heterocycles. The van der Waals surface area contributed by atoms with Crippen LogP contribution in [0, 0.1) is 5.92 Å². The first-order chi connectivity index (χ1) is 25.9. The Bertz CT molecular complexity index is 798. The summed E-state index contributed by atoms with van der Waals surface area (Å²) in [6, 6.07) is 0. The molecule has 0 spiro atoms. The predicted octanol–water partition coefficient (Wildman–Crippen LogP) is 14.7. The Labute approximate surface area is 329 Å². The van der Waals surface area contributed by atoms with Gasteiger partial charge in [-0.3, -0.25) is 14.4 Å². The minimum Gasteiger partial charge on any atom is -0.462 e. The first kappa shape index (κ1) is 51.4. The SMILES string of the molecule is CCCCCCCCCCCCCCCC(=O)O[C@H](COC(=O)CCCCCCCCCCCC)COC(=O)CCCCCCCCCCC(C)CC. The van der Waals surface area contributed by atoms with Gasteiger partial charge in [-0.2, -0.15) is 0 Å². The van der Waals surface area contributed by atoms with Crippen LogP contribution in [0.3, 0.4) is 0 Å². The topological polar surface area (TPSA) is 78.9 Å². The third-order valence-corrected chi connectivity index (χ3v) is 10.9. The predicted molar refractivity (Wildman–Crippen MR) is 224 cm³/mol. The van der Waals surface area contributed by atoms with Gasteiger partial charge in [0.15, 0.2) is 6.10 Å². The van der Waals surface area contributed by atoms with Gasteiger partial charge < -0.3 is 14.2 Å². The fourth-order valence-corrected chi connectivity index (χ4v) is 6.95. The molecule has 0 aliphatic rings. The van der Waals surface area contributed by atoms with E-state index in [1.165, 1.54) is 154 Å². The van der Waals surface area contributed by atoms with E-state index >= 15 is 0 Å². The summed E-state index contributed by atoms with van der Waals surface area (Å²) in [5.41, 5.74) is 0. The molecule has 0 aromatic rings. The zero-order valence-corrected chi connectivity index (χ0v) is 36.0. The zero-order chi connectivity index (χ0) is 38.9. The van der Waals surface area contributed by atoms with Crippen molar-refractivity contribution in [3.8, 4) is 0 Å². The highest BCUT2D eigenvalue weighted by atomic mass is 16.6. The van der Waals surface area contributed by atoms with Crippen LogP contribution in [0.5, 0.6) is 0 Å². The van der Waals surface area contributed by atoms with Gasteiger partial charge in [-0.05, 0) is 25.2 Å². The molecule has 0 radical (unpaired) electrons. The Morgan fingerprint density at radius 2 is 0.660 bits per heavy atom. The molecule has 0 N–H and O–H groups in total. The standard InChI is InChI=1S/C47H90O6/c1-5-8-10-12-14-16-18-19-20-22-28-32-36-40-47(50)53-44(41-51-45(48)38-34-30-26-21-17-15-13-11-9-6-2)42-52-46(49)39-35-31-27-24-23-25-29-33-37-43(4)7-3/h43-44H,5-42H2,1-4H3/t43?,44-/m1/s1. The molecule has 0 heterocycles. The van der Waals surface area contributed by atoms with Crippen molar-refractivity contribution in [2.45, 2.75) is 265 Å². The first-order valence-corrected chi connectivity index (χ1v) is 23.4. The van der Waals surface area contributed by atoms with Crippen LogP contribution in [-0.4, -0.2) is 37.2 Å². The highest BCUT2D eigenvalue weighted by Gasteiger charge is 2.19. The highest BCUT2D eigenvalue weighted by Crippen LogP contribution is 2.17. The third kappa shape index (κ3) is 39.9. The van der Waals surface area contributed by atoms with Crippen molar-refractivity contribution >= 4 is 17.9 Å². The summed E-state index contributed by atoms with van der Waals surface area (Å²) in [5, 5.41) is 0. The minimum absolute atomic E-state index is 0.0639. The van der Waals surface area contributed by atoms with E-state index in [1.807, 2.05) is 0 Å². The van der Waals surface area contributed by atoms with Crippen molar-refractivity contribution in [1.29, 1.82) is 0 Å². The summed E-state index contributed by atoms with van der Waals surface area (Å²) >= 11 is 0. The fraction of sp³-hybridized carbons (Fsp3) is 0.936. The number of hydrogen-bond acceptors (Lipinski definition) is 6. The van der Waals surface area contributed by atoms with Gasteiger partial charge in [0, 0.05) is 19.3 Å². The quantitative estimate of drug-likeness (QED) is 0.0351. The molecule has 53 heavy (non-hydrogen) atoms. The Morgan fingerprint density at radius 1 is 0.377 bits per heavy atom. The Morgan fingerprint density at radius 3 is 0.981 bits per heavy atom. The van der Waals surface area contributed by atoms with Crippen LogP contribution >= 0.6 is 0 Å². The third-order valence-electron chi connectivity index (χ3n) is 10.9. The van der Waals surface area contributed by atoms with E-state index in [9.17, 15) is 14.4 Å². The molecule has 6 heteroatoms. The minimum atomic E-state index is -0.759. The maximum absolute atomic E-state index is 12.7. The normalized spacial score (nSPS) is 12.5. The van der Waals surface area contributed by atoms with Crippen molar-refractivity contribution < 1.29 is 28.6 Å². The lowest BCUT2D eigenvalue weighted by Crippen LogP contribution is -2.30. The number of hydrogen-bond donors (Lipinski definition) is 0. The number of rotatable bonds is 42. The second kappa shape index (κ2) is 41.6. The van der Waals surface area contributed by atoms with Crippen LogP contribution in [0.2, 0.25) is 0 Å². The molecular weight excluding hydrogens is 661 g/mol. The fourth-order valence-electron chi connectivity index (χ4n) is 6.95. The van der Waals surface area contributed by atoms with Gasteiger partial charge in [0.05, 0.1) is 0 Å². The molecule has 1 unspecified atom stereocenters. The van der Waals surface area contributed by atoms with E-state index in [0.717, 1.165) is 63.7 Å². The van der Waals surface area contributed by atoms with Gasteiger partial charge in [-0.1, -0.05) is 220 Å². The number of ether oxygens (including phenoxy) is 3. The molecule has 0 rings (SSSR count). The van der Waals surface area contributed by atoms with Crippen molar-refractivity contribution in [3.05, 3.63) is 0 Å². The van der Waals surface area contributed by atoms with E-state index in [-0.39, 0.29) is 31.1 Å². The van der Waals surface area contributed by atoms with Crippen LogP contribution in [0.15, 0.2) is 0 Å². The summed E-state index contributed by atoms with van der Waals surface area (Å²) in [5.74, 6) is -0.00629. The van der Waals surface area contributed by atoms with Crippen molar-refractivity contribution in [3.63, 3.8) is 0 Å². The lowest BCUT2D eigenvalue weighted by Gasteiger charge is -2.18. The van der Waals surface area contributed by atoms with Gasteiger partial charge in [0.25, 0.3) is 0 Å². The van der Waals surface area contributed by atoms with Crippen molar-refractivity contribution in [1.82, 2.24) is 0 Å². The van der Waals surface area contributed by atoms with Crippen molar-refractivity contribution in [2.24, 2.45) is 5.92 Å². The van der Waals surface area contributed by atoms with E-state index in [4.69, 9.17) is 14.2 Å². The molecule has 0 bridgehead atoms. The smallest absolute Gasteiger partial charge is 0.306 e. The van der Waals surface area contributed by atoms with Crippen LogP contribution in [0.25, 0.3) is 0 Å². The Kier molecular flexibility index (Phi) is 40.3. The molecule has 314 valence electrons. The van der Waals surface area contributed by atoms with Crippen LogP contribution in [0.1, 0.15) is 259 Å². The summed E-state index contributed by atoms with van der Waals surface area (Å²) in [4.78, 5) is 37.7. The molecular formula is C47H90O6. The highest BCUT2D eigenvalue weighted by molar-refractivity contribution is 5.71. The number of esters is 3. The van der Waals surface area contributed by atoms with Crippen molar-refractivity contribution in [2.75, 3.05) is 13.2 Å². The molecule has 0 aromatic carbocycles. The zero-order valence-electron chi connectivity index (χ0n) is 36.0. The second-order valence-electron chi connectivity index (χ2n) is 16.3. The van der Waals surface area contributed by atoms with Crippen LogP contribution < -0.4 is 0 Å². The van der Waals surface area contributed by atoms with Gasteiger partial charge >= 0.3 is 17.9 Å². The Balaban J connectivity index is 4.33. The monoisotopic (exact) mass is 751 g/mol. The summed E-state index contributed by atoms with van der Waals surface area (Å²) < 4.78 is 16.7. The number of unbranched alkanes of at least 4 members (excludes halogenated alkanes) is 28. The van der Waals surface area contributed by atoms with E-state index < -0.39 is 6.10 Å². The van der Waals surface area contributed by atoms with Crippen LogP contribution in [-0.2, 0) is 28.6 Å². The molecule has 0 saturated carbocycles. The first-order valence-electron chi connectivity index (χ1n) is 23.4. The molecule has 6 nitrogen and oxygen atoms in total. The molecule has 0 aliphatic carbocycles.